The van der Waals surface area contributed by atoms with E-state index in [4.69, 9.17) is 5.73 Å². The number of anilines is 2. The van der Waals surface area contributed by atoms with Crippen molar-refractivity contribution in [3.8, 4) is 0 Å². The largest absolute Gasteiger partial charge is 0.399 e. The first-order valence-corrected chi connectivity index (χ1v) is 8.56. The fourth-order valence-electron chi connectivity index (χ4n) is 2.97. The third-order valence-electron chi connectivity index (χ3n) is 4.34. The fourth-order valence-corrected chi connectivity index (χ4v) is 2.97. The molecule has 5 nitrogen and oxygen atoms in total. The molecular formula is C19H26Cl2N4O. The predicted molar refractivity (Wildman–Crippen MR) is 111 cm³/mol. The number of halogens is 2. The number of carbonyl (C=O) groups excluding carboxylic acids is 1. The number of rotatable bonds is 4. The zero-order chi connectivity index (χ0) is 16.8. The molecule has 1 aromatic carbocycles. The molecule has 0 saturated carbocycles. The number of nitrogen functional groups attached to an aromatic ring is 1. The Morgan fingerprint density at radius 3 is 2.42 bits per heavy atom. The quantitative estimate of drug-likeness (QED) is 0.770. The molecule has 1 saturated heterocycles. The van der Waals surface area contributed by atoms with Crippen molar-refractivity contribution in [3.63, 3.8) is 0 Å². The van der Waals surface area contributed by atoms with Gasteiger partial charge >= 0.3 is 0 Å². The van der Waals surface area contributed by atoms with Crippen LogP contribution in [0.3, 0.4) is 0 Å². The van der Waals surface area contributed by atoms with Gasteiger partial charge in [0.1, 0.15) is 5.82 Å². The molecule has 7 heteroatoms. The van der Waals surface area contributed by atoms with Crippen LogP contribution in [0.2, 0.25) is 0 Å². The number of nitrogens with two attached hydrogens (primary N) is 1. The van der Waals surface area contributed by atoms with Gasteiger partial charge in [0.2, 0.25) is 0 Å². The van der Waals surface area contributed by atoms with Crippen LogP contribution in [-0.4, -0.2) is 24.0 Å². The SMILES string of the molecule is Cl.Cl.Nc1cccc(C(=O)NCc2ccc(N3CCCCCC3)nc2)c1. The van der Waals surface area contributed by atoms with Crippen molar-refractivity contribution in [2.24, 2.45) is 0 Å². The molecule has 1 aromatic heterocycles. The number of pyridine rings is 1. The van der Waals surface area contributed by atoms with E-state index in [0.29, 0.717) is 17.8 Å². The monoisotopic (exact) mass is 396 g/mol. The van der Waals surface area contributed by atoms with E-state index in [-0.39, 0.29) is 30.7 Å². The summed E-state index contributed by atoms with van der Waals surface area (Å²) in [5.41, 5.74) is 7.86. The third-order valence-corrected chi connectivity index (χ3v) is 4.34. The van der Waals surface area contributed by atoms with Crippen molar-refractivity contribution in [3.05, 3.63) is 53.7 Å². The Bertz CT molecular complexity index is 686. The van der Waals surface area contributed by atoms with E-state index < -0.39 is 0 Å². The Labute approximate surface area is 167 Å². The Morgan fingerprint density at radius 1 is 1.08 bits per heavy atom. The Kier molecular flexibility index (Phi) is 9.24. The first-order valence-electron chi connectivity index (χ1n) is 8.56. The lowest BCUT2D eigenvalue weighted by atomic mass is 10.2. The highest BCUT2D eigenvalue weighted by Gasteiger charge is 2.11. The molecule has 1 fully saturated rings. The van der Waals surface area contributed by atoms with E-state index in [9.17, 15) is 4.79 Å². The highest BCUT2D eigenvalue weighted by molar-refractivity contribution is 5.94. The second-order valence-corrected chi connectivity index (χ2v) is 6.23. The van der Waals surface area contributed by atoms with Crippen LogP contribution in [0.5, 0.6) is 0 Å². The molecule has 0 unspecified atom stereocenters. The molecule has 1 amide bonds. The summed E-state index contributed by atoms with van der Waals surface area (Å²) in [6, 6.07) is 11.1. The molecule has 3 rings (SSSR count). The molecule has 0 aliphatic carbocycles. The van der Waals surface area contributed by atoms with E-state index in [1.54, 1.807) is 24.3 Å². The number of nitrogens with zero attached hydrogens (tertiary/aromatic N) is 2. The average Bonchev–Trinajstić information content (AvgIpc) is 2.89. The number of hydrogen-bond acceptors (Lipinski definition) is 4. The smallest absolute Gasteiger partial charge is 0.251 e. The minimum Gasteiger partial charge on any atom is -0.399 e. The number of benzene rings is 1. The van der Waals surface area contributed by atoms with Crippen LogP contribution in [0.1, 0.15) is 41.6 Å². The lowest BCUT2D eigenvalue weighted by molar-refractivity contribution is 0.0951. The first-order chi connectivity index (χ1) is 11.7. The first kappa shape index (κ1) is 22.1. The Morgan fingerprint density at radius 2 is 1.81 bits per heavy atom. The summed E-state index contributed by atoms with van der Waals surface area (Å²) < 4.78 is 0. The van der Waals surface area contributed by atoms with Crippen LogP contribution >= 0.6 is 24.8 Å². The summed E-state index contributed by atoms with van der Waals surface area (Å²) >= 11 is 0. The van der Waals surface area contributed by atoms with Crippen molar-refractivity contribution in [2.45, 2.75) is 32.2 Å². The minimum absolute atomic E-state index is 0. The van der Waals surface area contributed by atoms with Gasteiger partial charge in [0, 0.05) is 37.1 Å². The highest BCUT2D eigenvalue weighted by atomic mass is 35.5. The maximum absolute atomic E-state index is 12.1. The van der Waals surface area contributed by atoms with Crippen LogP contribution in [0.4, 0.5) is 11.5 Å². The van der Waals surface area contributed by atoms with Crippen molar-refractivity contribution in [1.82, 2.24) is 10.3 Å². The molecule has 26 heavy (non-hydrogen) atoms. The molecule has 142 valence electrons. The van der Waals surface area contributed by atoms with Gasteiger partial charge in [-0.1, -0.05) is 25.0 Å². The molecule has 3 N–H and O–H groups in total. The van der Waals surface area contributed by atoms with Crippen molar-refractivity contribution in [2.75, 3.05) is 23.7 Å². The Balaban J connectivity index is 0.00000169. The maximum Gasteiger partial charge on any atom is 0.251 e. The predicted octanol–water partition coefficient (Wildman–Crippen LogP) is 3.82. The van der Waals surface area contributed by atoms with Crippen molar-refractivity contribution in [1.29, 1.82) is 0 Å². The standard InChI is InChI=1S/C19H24N4O.2ClH/c20-17-7-5-6-16(12-17)19(24)22-14-15-8-9-18(21-13-15)23-10-3-1-2-4-11-23;;/h5-9,12-13H,1-4,10-11,14,20H2,(H,22,24);2*1H. The summed E-state index contributed by atoms with van der Waals surface area (Å²) in [5.74, 6) is 0.904. The summed E-state index contributed by atoms with van der Waals surface area (Å²) in [7, 11) is 0. The van der Waals surface area contributed by atoms with Gasteiger partial charge < -0.3 is 16.0 Å². The van der Waals surface area contributed by atoms with E-state index in [0.717, 1.165) is 24.5 Å². The van der Waals surface area contributed by atoms with Crippen molar-refractivity contribution >= 4 is 42.2 Å². The zero-order valence-corrected chi connectivity index (χ0v) is 16.3. The van der Waals surface area contributed by atoms with Crippen molar-refractivity contribution < 1.29 is 4.79 Å². The molecule has 1 aliphatic rings. The second kappa shape index (κ2) is 10.9. The van der Waals surface area contributed by atoms with Gasteiger partial charge in [0.05, 0.1) is 0 Å². The average molecular weight is 397 g/mol. The molecule has 0 spiro atoms. The molecular weight excluding hydrogens is 371 g/mol. The van der Waals surface area contributed by atoms with Crippen LogP contribution in [0.15, 0.2) is 42.6 Å². The molecule has 0 radical (unpaired) electrons. The number of hydrogen-bond donors (Lipinski definition) is 2. The number of amides is 1. The van der Waals surface area contributed by atoms with Gasteiger partial charge in [-0.2, -0.15) is 0 Å². The van der Waals surface area contributed by atoms with E-state index >= 15 is 0 Å². The Hall–Kier alpha value is -1.98. The summed E-state index contributed by atoms with van der Waals surface area (Å²) in [5, 5.41) is 2.90. The summed E-state index contributed by atoms with van der Waals surface area (Å²) in [6.45, 7) is 2.62. The maximum atomic E-state index is 12.1. The summed E-state index contributed by atoms with van der Waals surface area (Å²) in [4.78, 5) is 19.0. The molecule has 1 aliphatic heterocycles. The number of aromatic nitrogens is 1. The van der Waals surface area contributed by atoms with Gasteiger partial charge in [-0.25, -0.2) is 4.98 Å². The molecule has 2 aromatic rings. The normalized spacial score (nSPS) is 13.8. The fraction of sp³-hybridized carbons (Fsp3) is 0.368. The summed E-state index contributed by atoms with van der Waals surface area (Å²) in [6.07, 6.45) is 6.94. The number of nitrogens with one attached hydrogen (secondary N) is 1. The number of carbonyl (C=O) groups is 1. The van der Waals surface area contributed by atoms with Crippen LogP contribution in [0.25, 0.3) is 0 Å². The van der Waals surface area contributed by atoms with Gasteiger partial charge in [0.15, 0.2) is 0 Å². The van der Waals surface area contributed by atoms with E-state index in [1.807, 2.05) is 18.3 Å². The minimum atomic E-state index is -0.126. The second-order valence-electron chi connectivity index (χ2n) is 6.23. The third kappa shape index (κ3) is 6.07. The topological polar surface area (TPSA) is 71.2 Å². The molecule has 0 bridgehead atoms. The van der Waals surface area contributed by atoms with Gasteiger partial charge in [0.25, 0.3) is 5.91 Å². The van der Waals surface area contributed by atoms with Crippen LogP contribution in [0, 0.1) is 0 Å². The lowest BCUT2D eigenvalue weighted by Gasteiger charge is -2.21. The zero-order valence-electron chi connectivity index (χ0n) is 14.7. The highest BCUT2D eigenvalue weighted by Crippen LogP contribution is 2.17. The van der Waals surface area contributed by atoms with E-state index in [2.05, 4.69) is 15.2 Å². The van der Waals surface area contributed by atoms with E-state index in [1.165, 1.54) is 25.7 Å². The van der Waals surface area contributed by atoms with Crippen LogP contribution < -0.4 is 16.0 Å². The van der Waals surface area contributed by atoms with Gasteiger partial charge in [-0.05, 0) is 42.7 Å². The van der Waals surface area contributed by atoms with Gasteiger partial charge in [-0.3, -0.25) is 4.79 Å². The van der Waals surface area contributed by atoms with Gasteiger partial charge in [-0.15, -0.1) is 24.8 Å². The molecule has 2 heterocycles. The lowest BCUT2D eigenvalue weighted by Crippen LogP contribution is -2.25. The molecule has 0 atom stereocenters. The van der Waals surface area contributed by atoms with Crippen LogP contribution in [-0.2, 0) is 6.54 Å².